The Kier molecular flexibility index (Phi) is 4.24. The van der Waals surface area contributed by atoms with Crippen LogP contribution in [0.1, 0.15) is 12.5 Å². The van der Waals surface area contributed by atoms with Gasteiger partial charge < -0.3 is 15.5 Å². The molecule has 0 unspecified atom stereocenters. The summed E-state index contributed by atoms with van der Waals surface area (Å²) in [4.78, 5) is 22.2. The number of hydrogen-bond acceptors (Lipinski definition) is 4. The molecule has 122 valence electrons. The van der Waals surface area contributed by atoms with E-state index >= 15 is 0 Å². The normalized spacial score (nSPS) is 11.2. The lowest BCUT2D eigenvalue weighted by Crippen LogP contribution is -2.04. The van der Waals surface area contributed by atoms with E-state index in [0.717, 1.165) is 10.9 Å². The SMILES string of the molecule is CCOc1ncc(-c2cnc3[nH]cc(/C=C/C(N)=O)c3c2)cc1F. The number of fused-ring (bicyclic) bond motifs is 1. The first-order chi connectivity index (χ1) is 11.6. The van der Waals surface area contributed by atoms with E-state index in [4.69, 9.17) is 10.5 Å². The van der Waals surface area contributed by atoms with Crippen molar-refractivity contribution in [3.8, 4) is 17.0 Å². The molecule has 0 fully saturated rings. The zero-order chi connectivity index (χ0) is 17.1. The fraction of sp³-hybridized carbons (Fsp3) is 0.118. The molecule has 0 radical (unpaired) electrons. The van der Waals surface area contributed by atoms with Crippen LogP contribution in [0.4, 0.5) is 4.39 Å². The summed E-state index contributed by atoms with van der Waals surface area (Å²) in [6.07, 6.45) is 7.74. The summed E-state index contributed by atoms with van der Waals surface area (Å²) in [6.45, 7) is 2.11. The number of carbonyl (C=O) groups is 1. The highest BCUT2D eigenvalue weighted by Crippen LogP contribution is 2.27. The van der Waals surface area contributed by atoms with Gasteiger partial charge in [0.2, 0.25) is 11.8 Å². The number of rotatable bonds is 5. The number of primary amides is 1. The van der Waals surface area contributed by atoms with Crippen LogP contribution in [0.5, 0.6) is 5.88 Å². The molecule has 7 heteroatoms. The molecule has 0 aliphatic rings. The van der Waals surface area contributed by atoms with Crippen LogP contribution < -0.4 is 10.5 Å². The van der Waals surface area contributed by atoms with Gasteiger partial charge in [-0.25, -0.2) is 14.4 Å². The van der Waals surface area contributed by atoms with Crippen molar-refractivity contribution < 1.29 is 13.9 Å². The van der Waals surface area contributed by atoms with E-state index in [9.17, 15) is 9.18 Å². The second-order valence-corrected chi connectivity index (χ2v) is 5.04. The summed E-state index contributed by atoms with van der Waals surface area (Å²) < 4.78 is 19.1. The summed E-state index contributed by atoms with van der Waals surface area (Å²) in [5, 5.41) is 0.791. The lowest BCUT2D eigenvalue weighted by Gasteiger charge is -2.06. The van der Waals surface area contributed by atoms with E-state index in [-0.39, 0.29) is 5.88 Å². The summed E-state index contributed by atoms with van der Waals surface area (Å²) >= 11 is 0. The molecule has 1 amide bonds. The fourth-order valence-corrected chi connectivity index (χ4v) is 2.32. The van der Waals surface area contributed by atoms with Gasteiger partial charge in [-0.05, 0) is 25.1 Å². The summed E-state index contributed by atoms with van der Waals surface area (Å²) in [5.74, 6) is -1.09. The molecule has 3 aromatic heterocycles. The maximum atomic E-state index is 14.0. The van der Waals surface area contributed by atoms with E-state index in [1.807, 2.05) is 6.07 Å². The van der Waals surface area contributed by atoms with Crippen LogP contribution >= 0.6 is 0 Å². The average molecular weight is 326 g/mol. The van der Waals surface area contributed by atoms with E-state index < -0.39 is 11.7 Å². The zero-order valence-corrected chi connectivity index (χ0v) is 12.9. The third kappa shape index (κ3) is 3.10. The number of aromatic nitrogens is 3. The van der Waals surface area contributed by atoms with Gasteiger partial charge in [-0.1, -0.05) is 0 Å². The number of amides is 1. The van der Waals surface area contributed by atoms with E-state index in [1.165, 1.54) is 18.3 Å². The molecule has 3 aromatic rings. The number of nitrogens with two attached hydrogens (primary N) is 1. The third-order valence-corrected chi connectivity index (χ3v) is 3.41. The molecule has 0 saturated heterocycles. The van der Waals surface area contributed by atoms with Crippen molar-refractivity contribution in [1.29, 1.82) is 0 Å². The van der Waals surface area contributed by atoms with Crippen molar-refractivity contribution in [2.24, 2.45) is 5.73 Å². The first-order valence-corrected chi connectivity index (χ1v) is 7.32. The number of carbonyl (C=O) groups excluding carboxylic acids is 1. The predicted octanol–water partition coefficient (Wildman–Crippen LogP) is 2.66. The number of hydrogen-bond donors (Lipinski definition) is 2. The Balaban J connectivity index is 2.02. The van der Waals surface area contributed by atoms with Crippen LogP contribution in [0.25, 0.3) is 28.2 Å². The van der Waals surface area contributed by atoms with E-state index in [2.05, 4.69) is 15.0 Å². The van der Waals surface area contributed by atoms with Crippen molar-refractivity contribution >= 4 is 23.0 Å². The average Bonchev–Trinajstić information content (AvgIpc) is 2.97. The Morgan fingerprint density at radius 3 is 2.79 bits per heavy atom. The van der Waals surface area contributed by atoms with Crippen LogP contribution in [-0.4, -0.2) is 27.5 Å². The summed E-state index contributed by atoms with van der Waals surface area (Å²) in [6, 6.07) is 3.20. The molecule has 3 heterocycles. The second kappa shape index (κ2) is 6.49. The molecule has 3 N–H and O–H groups in total. The number of ether oxygens (including phenoxy) is 1. The molecule has 0 spiro atoms. The van der Waals surface area contributed by atoms with Crippen LogP contribution in [0, 0.1) is 5.82 Å². The Bertz CT molecular complexity index is 933. The number of nitrogens with zero attached hydrogens (tertiary/aromatic N) is 2. The van der Waals surface area contributed by atoms with Gasteiger partial charge in [0.1, 0.15) is 5.65 Å². The minimum Gasteiger partial charge on any atom is -0.476 e. The number of aromatic amines is 1. The first-order valence-electron chi connectivity index (χ1n) is 7.32. The molecule has 3 rings (SSSR count). The minimum absolute atomic E-state index is 0.0259. The van der Waals surface area contributed by atoms with Crippen LogP contribution in [0.3, 0.4) is 0 Å². The molecule has 0 aromatic carbocycles. The van der Waals surface area contributed by atoms with Crippen molar-refractivity contribution in [3.63, 3.8) is 0 Å². The molecular formula is C17H15FN4O2. The monoisotopic (exact) mass is 326 g/mol. The maximum absolute atomic E-state index is 14.0. The second-order valence-electron chi connectivity index (χ2n) is 5.04. The Morgan fingerprint density at radius 2 is 2.08 bits per heavy atom. The van der Waals surface area contributed by atoms with Gasteiger partial charge in [-0.2, -0.15) is 0 Å². The Labute approximate surface area is 137 Å². The van der Waals surface area contributed by atoms with Crippen LogP contribution in [-0.2, 0) is 4.79 Å². The van der Waals surface area contributed by atoms with Crippen molar-refractivity contribution in [3.05, 3.63) is 48.2 Å². The Hall–Kier alpha value is -3.22. The van der Waals surface area contributed by atoms with E-state index in [0.29, 0.717) is 23.4 Å². The van der Waals surface area contributed by atoms with Gasteiger partial charge in [0, 0.05) is 46.7 Å². The van der Waals surface area contributed by atoms with Crippen molar-refractivity contribution in [1.82, 2.24) is 15.0 Å². The molecule has 0 aliphatic heterocycles. The topological polar surface area (TPSA) is 93.9 Å². The van der Waals surface area contributed by atoms with E-state index in [1.54, 1.807) is 25.4 Å². The molecular weight excluding hydrogens is 311 g/mol. The standard InChI is InChI=1S/C17H15FN4O2/c1-2-24-17-14(18)6-12(9-22-17)11-5-13-10(3-4-15(19)23)7-20-16(13)21-8-11/h3-9H,2H2,1H3,(H2,19,23)(H,20,21)/b4-3+. The Morgan fingerprint density at radius 1 is 1.33 bits per heavy atom. The zero-order valence-electron chi connectivity index (χ0n) is 12.9. The highest BCUT2D eigenvalue weighted by Gasteiger charge is 2.10. The first kappa shape index (κ1) is 15.7. The van der Waals surface area contributed by atoms with Crippen molar-refractivity contribution in [2.75, 3.05) is 6.61 Å². The lowest BCUT2D eigenvalue weighted by atomic mass is 10.1. The van der Waals surface area contributed by atoms with Crippen LogP contribution in [0.2, 0.25) is 0 Å². The van der Waals surface area contributed by atoms with Crippen LogP contribution in [0.15, 0.2) is 36.8 Å². The molecule has 6 nitrogen and oxygen atoms in total. The molecule has 0 atom stereocenters. The number of H-pyrrole nitrogens is 1. The molecule has 0 saturated carbocycles. The number of nitrogens with one attached hydrogen (secondary N) is 1. The van der Waals surface area contributed by atoms with Gasteiger partial charge in [-0.3, -0.25) is 4.79 Å². The molecule has 0 aliphatic carbocycles. The minimum atomic E-state index is -0.536. The molecule has 24 heavy (non-hydrogen) atoms. The number of pyridine rings is 2. The van der Waals surface area contributed by atoms with Gasteiger partial charge in [0.25, 0.3) is 0 Å². The third-order valence-electron chi connectivity index (χ3n) is 3.41. The largest absolute Gasteiger partial charge is 0.476 e. The maximum Gasteiger partial charge on any atom is 0.250 e. The van der Waals surface area contributed by atoms with Gasteiger partial charge >= 0.3 is 0 Å². The number of halogens is 1. The molecule has 0 bridgehead atoms. The summed E-state index contributed by atoms with van der Waals surface area (Å²) in [7, 11) is 0. The highest BCUT2D eigenvalue weighted by atomic mass is 19.1. The highest BCUT2D eigenvalue weighted by molar-refractivity contribution is 5.95. The fourth-order valence-electron chi connectivity index (χ4n) is 2.32. The van der Waals surface area contributed by atoms with Gasteiger partial charge in [0.05, 0.1) is 6.61 Å². The quantitative estimate of drug-likeness (QED) is 0.705. The van der Waals surface area contributed by atoms with Gasteiger partial charge in [0.15, 0.2) is 5.82 Å². The lowest BCUT2D eigenvalue weighted by molar-refractivity contribution is -0.113. The van der Waals surface area contributed by atoms with Gasteiger partial charge in [-0.15, -0.1) is 0 Å². The summed E-state index contributed by atoms with van der Waals surface area (Å²) in [5.41, 5.74) is 7.81. The predicted molar refractivity (Wildman–Crippen MR) is 88.7 cm³/mol. The van der Waals surface area contributed by atoms with Crippen molar-refractivity contribution in [2.45, 2.75) is 6.92 Å². The smallest absolute Gasteiger partial charge is 0.250 e.